The number of aliphatic imine (C=N–C) groups is 2. The maximum Gasteiger partial charge on any atom is 0.259 e. The smallest absolute Gasteiger partial charge is 0.259 e. The van der Waals surface area contributed by atoms with Crippen molar-refractivity contribution in [2.24, 2.45) is 9.98 Å². The summed E-state index contributed by atoms with van der Waals surface area (Å²) in [5.41, 5.74) is 3.25. The Morgan fingerprint density at radius 3 is 2.66 bits per heavy atom. The quantitative estimate of drug-likeness (QED) is 0.507. The number of amidine groups is 2. The molecule has 0 saturated carbocycles. The molecule has 0 saturated heterocycles. The Balaban J connectivity index is 1.32. The Morgan fingerprint density at radius 1 is 1.06 bits per heavy atom. The van der Waals surface area contributed by atoms with Crippen molar-refractivity contribution in [1.29, 1.82) is 0 Å². The van der Waals surface area contributed by atoms with E-state index >= 15 is 0 Å². The third-order valence-electron chi connectivity index (χ3n) is 5.59. The van der Waals surface area contributed by atoms with Crippen LogP contribution in [0.5, 0.6) is 0 Å². The molecule has 9 heteroatoms. The molecule has 6 nitrogen and oxygen atoms in total. The number of amides is 2. The van der Waals surface area contributed by atoms with Gasteiger partial charge in [0.25, 0.3) is 5.91 Å². The lowest BCUT2D eigenvalue weighted by Crippen LogP contribution is -2.42. The molecule has 2 heterocycles. The van der Waals surface area contributed by atoms with Crippen molar-refractivity contribution in [3.63, 3.8) is 0 Å². The highest BCUT2D eigenvalue weighted by Gasteiger charge is 2.42. The molecule has 1 N–H and O–H groups in total. The molecular weight excluding hydrogens is 487 g/mol. The number of fused-ring (bicyclic) bond motifs is 3. The van der Waals surface area contributed by atoms with Crippen LogP contribution in [0.2, 0.25) is 5.02 Å². The molecule has 35 heavy (non-hydrogen) atoms. The van der Waals surface area contributed by atoms with Crippen LogP contribution >= 0.6 is 23.4 Å². The molecule has 3 aromatic rings. The van der Waals surface area contributed by atoms with E-state index in [4.69, 9.17) is 16.6 Å². The van der Waals surface area contributed by atoms with Crippen molar-refractivity contribution in [3.8, 4) is 0 Å². The molecule has 0 bridgehead atoms. The predicted molar refractivity (Wildman–Crippen MR) is 136 cm³/mol. The fourth-order valence-corrected chi connectivity index (χ4v) is 5.01. The number of hydrogen-bond donors (Lipinski definition) is 1. The lowest BCUT2D eigenvalue weighted by atomic mass is 10.1. The molecule has 0 radical (unpaired) electrons. The fraction of sp³-hybridized carbons (Fsp3) is 0.154. The van der Waals surface area contributed by atoms with E-state index in [1.54, 1.807) is 12.1 Å². The Hall–Kier alpha value is -3.49. The van der Waals surface area contributed by atoms with Crippen LogP contribution in [0.25, 0.3) is 0 Å². The molecule has 1 unspecified atom stereocenters. The Bertz CT molecular complexity index is 1360. The Morgan fingerprint density at radius 2 is 1.86 bits per heavy atom. The average molecular weight is 507 g/mol. The fourth-order valence-electron chi connectivity index (χ4n) is 3.86. The third kappa shape index (κ3) is 5.13. The molecule has 0 spiro atoms. The molecule has 0 aromatic heterocycles. The molecule has 2 amide bonds. The maximum atomic E-state index is 13.3. The summed E-state index contributed by atoms with van der Waals surface area (Å²) in [5, 5.41) is 3.94. The van der Waals surface area contributed by atoms with Crippen molar-refractivity contribution in [3.05, 3.63) is 100 Å². The number of carbonyl (C=O) groups excluding carboxylic acids is 2. The highest BCUT2D eigenvalue weighted by Crippen LogP contribution is 2.35. The summed E-state index contributed by atoms with van der Waals surface area (Å²) < 4.78 is 13.1. The largest absolute Gasteiger partial charge is 0.352 e. The first-order chi connectivity index (χ1) is 17.0. The van der Waals surface area contributed by atoms with Crippen LogP contribution in [-0.4, -0.2) is 33.8 Å². The predicted octanol–water partition coefficient (Wildman–Crippen LogP) is 5.08. The van der Waals surface area contributed by atoms with Gasteiger partial charge >= 0.3 is 0 Å². The molecule has 0 aliphatic carbocycles. The molecule has 5 rings (SSSR count). The number of halogens is 2. The van der Waals surface area contributed by atoms with Gasteiger partial charge < -0.3 is 5.32 Å². The van der Waals surface area contributed by atoms with Crippen LogP contribution in [0.1, 0.15) is 23.1 Å². The lowest BCUT2D eigenvalue weighted by Gasteiger charge is -2.25. The summed E-state index contributed by atoms with van der Waals surface area (Å²) in [6, 6.07) is 20.1. The second-order valence-electron chi connectivity index (χ2n) is 8.08. The first kappa shape index (κ1) is 23.3. The number of nitrogens with zero attached hydrogens (tertiary/aromatic N) is 3. The zero-order valence-electron chi connectivity index (χ0n) is 18.4. The van der Waals surface area contributed by atoms with Gasteiger partial charge in [-0.15, -0.1) is 0 Å². The topological polar surface area (TPSA) is 74.1 Å². The SMILES string of the molecule is O=C(CC1N=C2c3ccccc3N=C(SCc3cccc(Cl)c3)N2C1=O)NCc1ccc(F)cc1. The van der Waals surface area contributed by atoms with E-state index < -0.39 is 6.04 Å². The molecule has 2 aliphatic heterocycles. The average Bonchev–Trinajstić information content (AvgIpc) is 3.18. The van der Waals surface area contributed by atoms with Gasteiger partial charge in [-0.3, -0.25) is 14.6 Å². The summed E-state index contributed by atoms with van der Waals surface area (Å²) in [7, 11) is 0. The number of hydrogen-bond acceptors (Lipinski definition) is 5. The molecule has 1 atom stereocenters. The minimum atomic E-state index is -0.846. The van der Waals surface area contributed by atoms with Crippen LogP contribution in [0.4, 0.5) is 10.1 Å². The van der Waals surface area contributed by atoms with E-state index in [0.29, 0.717) is 21.8 Å². The van der Waals surface area contributed by atoms with Crippen molar-refractivity contribution < 1.29 is 14.0 Å². The van der Waals surface area contributed by atoms with Gasteiger partial charge in [0.2, 0.25) is 5.91 Å². The van der Waals surface area contributed by atoms with Crippen molar-refractivity contribution in [2.45, 2.75) is 24.8 Å². The summed E-state index contributed by atoms with van der Waals surface area (Å²) in [4.78, 5) is 36.8. The number of benzene rings is 3. The second kappa shape index (κ2) is 10.0. The molecule has 176 valence electrons. The second-order valence-corrected chi connectivity index (χ2v) is 9.46. The van der Waals surface area contributed by atoms with Crippen LogP contribution in [0.3, 0.4) is 0 Å². The zero-order chi connectivity index (χ0) is 24.4. The third-order valence-corrected chi connectivity index (χ3v) is 6.83. The minimum Gasteiger partial charge on any atom is -0.352 e. The van der Waals surface area contributed by atoms with Gasteiger partial charge in [0.05, 0.1) is 12.1 Å². The number of carbonyl (C=O) groups is 2. The van der Waals surface area contributed by atoms with Crippen LogP contribution in [0, 0.1) is 5.82 Å². The molecule has 2 aliphatic rings. The summed E-state index contributed by atoms with van der Waals surface area (Å²) in [6.07, 6.45) is -0.0889. The lowest BCUT2D eigenvalue weighted by molar-refractivity contribution is -0.128. The highest BCUT2D eigenvalue weighted by molar-refractivity contribution is 8.13. The maximum absolute atomic E-state index is 13.3. The van der Waals surface area contributed by atoms with Crippen molar-refractivity contribution in [1.82, 2.24) is 10.2 Å². The van der Waals surface area contributed by atoms with Gasteiger partial charge in [0, 0.05) is 22.9 Å². The van der Waals surface area contributed by atoms with E-state index in [-0.39, 0.29) is 30.6 Å². The Kier molecular flexibility index (Phi) is 6.66. The number of rotatable bonds is 6. The van der Waals surface area contributed by atoms with Gasteiger partial charge in [-0.1, -0.05) is 59.8 Å². The summed E-state index contributed by atoms with van der Waals surface area (Å²) in [6.45, 7) is 0.241. The number of nitrogens with one attached hydrogen (secondary N) is 1. The zero-order valence-corrected chi connectivity index (χ0v) is 20.0. The van der Waals surface area contributed by atoms with E-state index in [0.717, 1.165) is 22.4 Å². The van der Waals surface area contributed by atoms with Gasteiger partial charge in [0.15, 0.2) is 5.17 Å². The van der Waals surface area contributed by atoms with E-state index in [1.165, 1.54) is 28.8 Å². The molecule has 3 aromatic carbocycles. The van der Waals surface area contributed by atoms with Gasteiger partial charge in [-0.05, 0) is 47.5 Å². The molecule has 0 fully saturated rings. The highest BCUT2D eigenvalue weighted by atomic mass is 35.5. The standard InChI is InChI=1S/C26H20ClFN4O2S/c27-18-5-3-4-17(12-18)15-35-26-31-21-7-2-1-6-20(21)24-30-22(25(34)32(24)26)13-23(33)29-14-16-8-10-19(28)11-9-16/h1-12,22H,13-15H2,(H,29,33). The van der Waals surface area contributed by atoms with E-state index in [9.17, 15) is 14.0 Å². The van der Waals surface area contributed by atoms with Gasteiger partial charge in [0.1, 0.15) is 17.7 Å². The first-order valence-corrected chi connectivity index (χ1v) is 12.3. The monoisotopic (exact) mass is 506 g/mol. The minimum absolute atomic E-state index is 0.0889. The van der Waals surface area contributed by atoms with Gasteiger partial charge in [-0.2, -0.15) is 0 Å². The van der Waals surface area contributed by atoms with E-state index in [2.05, 4.69) is 10.3 Å². The molecular formula is C26H20ClFN4O2S. The first-order valence-electron chi connectivity index (χ1n) is 11.0. The number of thioether (sulfide) groups is 1. The normalized spacial score (nSPS) is 16.3. The summed E-state index contributed by atoms with van der Waals surface area (Å²) in [5.74, 6) is 0.140. The Labute approximate surface area is 210 Å². The number of para-hydroxylation sites is 1. The van der Waals surface area contributed by atoms with E-state index in [1.807, 2.05) is 48.5 Å². The summed E-state index contributed by atoms with van der Waals surface area (Å²) >= 11 is 7.52. The van der Waals surface area contributed by atoms with Crippen molar-refractivity contribution in [2.75, 3.05) is 0 Å². The van der Waals surface area contributed by atoms with Crippen LogP contribution in [0.15, 0.2) is 82.8 Å². The van der Waals surface area contributed by atoms with Crippen LogP contribution in [-0.2, 0) is 21.9 Å². The van der Waals surface area contributed by atoms with Crippen LogP contribution < -0.4 is 5.32 Å². The van der Waals surface area contributed by atoms with Crippen molar-refractivity contribution >= 4 is 51.9 Å². The van der Waals surface area contributed by atoms with Gasteiger partial charge in [-0.25, -0.2) is 14.3 Å².